The summed E-state index contributed by atoms with van der Waals surface area (Å²) in [5, 5.41) is 0. The summed E-state index contributed by atoms with van der Waals surface area (Å²) >= 11 is 0. The number of hydrogen-bond donors (Lipinski definition) is 0. The highest BCUT2D eigenvalue weighted by molar-refractivity contribution is 5.58. The van der Waals surface area contributed by atoms with Crippen LogP contribution in [0.3, 0.4) is 0 Å². The second-order valence-electron chi connectivity index (χ2n) is 6.24. The fourth-order valence-electron chi connectivity index (χ4n) is 3.14. The Morgan fingerprint density at radius 2 is 1.85 bits per heavy atom. The van der Waals surface area contributed by atoms with Gasteiger partial charge in [-0.05, 0) is 36.6 Å². The summed E-state index contributed by atoms with van der Waals surface area (Å²) < 4.78 is 43.6. The van der Waals surface area contributed by atoms with Gasteiger partial charge in [0, 0.05) is 38.1 Å². The predicted octanol–water partition coefficient (Wildman–Crippen LogP) is 1.94. The maximum atomic E-state index is 12.4. The predicted molar refractivity (Wildman–Crippen MR) is 89.4 cm³/mol. The van der Waals surface area contributed by atoms with Gasteiger partial charge < -0.3 is 9.64 Å². The standard InChI is InChI=1S/C17H18F3N3O3/c1-21-12(9-15(24)22(2)16(21)25)10-23-7-3-4-11-8-13(5-6-14(11)23)26-17(18,19)20/h5-6,8-9H,3-4,7,10H2,1-2H3. The van der Waals surface area contributed by atoms with Crippen molar-refractivity contribution in [1.82, 2.24) is 9.13 Å². The lowest BCUT2D eigenvalue weighted by Gasteiger charge is -2.32. The Balaban J connectivity index is 1.91. The molecule has 140 valence electrons. The van der Waals surface area contributed by atoms with Crippen LogP contribution in [0, 0.1) is 0 Å². The van der Waals surface area contributed by atoms with E-state index in [-0.39, 0.29) is 5.75 Å². The van der Waals surface area contributed by atoms with Gasteiger partial charge in [-0.2, -0.15) is 0 Å². The van der Waals surface area contributed by atoms with Crippen molar-refractivity contribution >= 4 is 5.69 Å². The second kappa shape index (κ2) is 6.54. The number of aromatic nitrogens is 2. The summed E-state index contributed by atoms with van der Waals surface area (Å²) in [6.45, 7) is 0.990. The van der Waals surface area contributed by atoms with Gasteiger partial charge in [0.15, 0.2) is 0 Å². The van der Waals surface area contributed by atoms with Crippen LogP contribution >= 0.6 is 0 Å². The van der Waals surface area contributed by atoms with E-state index >= 15 is 0 Å². The van der Waals surface area contributed by atoms with Crippen molar-refractivity contribution in [2.24, 2.45) is 14.1 Å². The van der Waals surface area contributed by atoms with Crippen LogP contribution in [0.15, 0.2) is 33.9 Å². The zero-order chi connectivity index (χ0) is 19.1. The van der Waals surface area contributed by atoms with Gasteiger partial charge in [-0.25, -0.2) is 4.79 Å². The third-order valence-electron chi connectivity index (χ3n) is 4.48. The molecule has 9 heteroatoms. The molecule has 0 spiro atoms. The Kier molecular flexibility index (Phi) is 4.55. The van der Waals surface area contributed by atoms with E-state index in [0.29, 0.717) is 25.2 Å². The molecule has 26 heavy (non-hydrogen) atoms. The second-order valence-corrected chi connectivity index (χ2v) is 6.24. The van der Waals surface area contributed by atoms with Crippen molar-refractivity contribution < 1.29 is 17.9 Å². The number of halogens is 3. The SMILES string of the molecule is Cn1c(CN2CCCc3cc(OC(F)(F)F)ccc32)cc(=O)n(C)c1=O. The van der Waals surface area contributed by atoms with Gasteiger partial charge >= 0.3 is 12.1 Å². The molecule has 1 aromatic carbocycles. The van der Waals surface area contributed by atoms with Crippen LogP contribution in [0.25, 0.3) is 0 Å². The van der Waals surface area contributed by atoms with E-state index in [4.69, 9.17) is 0 Å². The molecule has 0 radical (unpaired) electrons. The molecule has 2 heterocycles. The number of alkyl halides is 3. The molecule has 0 bridgehead atoms. The van der Waals surface area contributed by atoms with E-state index in [9.17, 15) is 22.8 Å². The third kappa shape index (κ3) is 3.61. The molecule has 0 unspecified atom stereocenters. The summed E-state index contributed by atoms with van der Waals surface area (Å²) in [5.74, 6) is -0.251. The van der Waals surface area contributed by atoms with Crippen molar-refractivity contribution in [3.63, 3.8) is 0 Å². The van der Waals surface area contributed by atoms with Crippen molar-refractivity contribution in [2.75, 3.05) is 11.4 Å². The third-order valence-corrected chi connectivity index (χ3v) is 4.48. The van der Waals surface area contributed by atoms with Crippen LogP contribution in [0.2, 0.25) is 0 Å². The molecule has 0 aliphatic carbocycles. The molecule has 0 amide bonds. The van der Waals surface area contributed by atoms with Gasteiger partial charge in [-0.15, -0.1) is 13.2 Å². The summed E-state index contributed by atoms with van der Waals surface area (Å²) in [6, 6.07) is 5.64. The average Bonchev–Trinajstić information content (AvgIpc) is 2.56. The molecule has 2 aromatic rings. The Labute approximate surface area is 147 Å². The molecule has 6 nitrogen and oxygen atoms in total. The minimum Gasteiger partial charge on any atom is -0.406 e. The molecule has 0 N–H and O–H groups in total. The average molecular weight is 369 g/mol. The maximum absolute atomic E-state index is 12.4. The lowest BCUT2D eigenvalue weighted by molar-refractivity contribution is -0.274. The van der Waals surface area contributed by atoms with Crippen LogP contribution in [-0.2, 0) is 27.1 Å². The van der Waals surface area contributed by atoms with E-state index in [1.54, 1.807) is 13.1 Å². The number of benzene rings is 1. The number of anilines is 1. The van der Waals surface area contributed by atoms with Gasteiger partial charge in [0.2, 0.25) is 0 Å². The molecule has 1 aliphatic rings. The van der Waals surface area contributed by atoms with Crippen molar-refractivity contribution in [3.8, 4) is 5.75 Å². The van der Waals surface area contributed by atoms with Gasteiger partial charge in [0.05, 0.1) is 6.54 Å². The number of aryl methyl sites for hydroxylation is 1. The van der Waals surface area contributed by atoms with Gasteiger partial charge in [0.1, 0.15) is 5.75 Å². The van der Waals surface area contributed by atoms with E-state index in [0.717, 1.165) is 22.2 Å². The quantitative estimate of drug-likeness (QED) is 0.830. The molecule has 0 saturated carbocycles. The van der Waals surface area contributed by atoms with E-state index in [1.807, 2.05) is 4.90 Å². The fraction of sp³-hybridized carbons (Fsp3) is 0.412. The van der Waals surface area contributed by atoms with Gasteiger partial charge in [-0.1, -0.05) is 0 Å². The van der Waals surface area contributed by atoms with Crippen molar-refractivity contribution in [3.05, 3.63) is 56.4 Å². The fourth-order valence-corrected chi connectivity index (χ4v) is 3.14. The van der Waals surface area contributed by atoms with Gasteiger partial charge in [-0.3, -0.25) is 13.9 Å². The number of ether oxygens (including phenoxy) is 1. The van der Waals surface area contributed by atoms with Crippen LogP contribution in [0.1, 0.15) is 17.7 Å². The Morgan fingerprint density at radius 3 is 2.54 bits per heavy atom. The minimum absolute atomic E-state index is 0.251. The topological polar surface area (TPSA) is 56.5 Å². The summed E-state index contributed by atoms with van der Waals surface area (Å²) in [5.41, 5.74) is 1.25. The Bertz CT molecular complexity index is 947. The lowest BCUT2D eigenvalue weighted by atomic mass is 10.0. The van der Waals surface area contributed by atoms with E-state index in [2.05, 4.69) is 4.74 Å². The molecule has 0 fully saturated rings. The first-order valence-corrected chi connectivity index (χ1v) is 8.05. The molecule has 3 rings (SSSR count). The molecular formula is C17H18F3N3O3. The maximum Gasteiger partial charge on any atom is 0.573 e. The highest BCUT2D eigenvalue weighted by atomic mass is 19.4. The number of fused-ring (bicyclic) bond motifs is 1. The van der Waals surface area contributed by atoms with Crippen LogP contribution in [-0.4, -0.2) is 22.0 Å². The van der Waals surface area contributed by atoms with E-state index in [1.165, 1.54) is 29.8 Å². The van der Waals surface area contributed by atoms with Crippen molar-refractivity contribution in [1.29, 1.82) is 0 Å². The number of nitrogens with zero attached hydrogens (tertiary/aromatic N) is 3. The zero-order valence-electron chi connectivity index (χ0n) is 14.3. The normalized spacial score (nSPS) is 14.3. The molecule has 0 saturated heterocycles. The summed E-state index contributed by atoms with van der Waals surface area (Å²) in [7, 11) is 3.00. The first kappa shape index (κ1) is 18.1. The highest BCUT2D eigenvalue weighted by Crippen LogP contribution is 2.33. The number of hydrogen-bond acceptors (Lipinski definition) is 4. The molecule has 1 aliphatic heterocycles. The lowest BCUT2D eigenvalue weighted by Crippen LogP contribution is -2.40. The molecular weight excluding hydrogens is 351 g/mol. The minimum atomic E-state index is -4.73. The Hall–Kier alpha value is -2.71. The first-order chi connectivity index (χ1) is 12.2. The molecule has 0 atom stereocenters. The van der Waals surface area contributed by atoms with Crippen LogP contribution < -0.4 is 20.9 Å². The highest BCUT2D eigenvalue weighted by Gasteiger charge is 2.31. The molecule has 1 aromatic heterocycles. The zero-order valence-corrected chi connectivity index (χ0v) is 14.3. The van der Waals surface area contributed by atoms with Crippen LogP contribution in [0.5, 0.6) is 5.75 Å². The van der Waals surface area contributed by atoms with Crippen molar-refractivity contribution in [2.45, 2.75) is 25.7 Å². The van der Waals surface area contributed by atoms with Crippen LogP contribution in [0.4, 0.5) is 18.9 Å². The monoisotopic (exact) mass is 369 g/mol. The van der Waals surface area contributed by atoms with E-state index < -0.39 is 17.6 Å². The summed E-state index contributed by atoms with van der Waals surface area (Å²) in [6.07, 6.45) is -3.34. The first-order valence-electron chi connectivity index (χ1n) is 8.05. The largest absolute Gasteiger partial charge is 0.573 e. The number of rotatable bonds is 3. The smallest absolute Gasteiger partial charge is 0.406 e. The summed E-state index contributed by atoms with van der Waals surface area (Å²) in [4.78, 5) is 25.9. The Morgan fingerprint density at radius 1 is 1.12 bits per heavy atom. The van der Waals surface area contributed by atoms with Gasteiger partial charge in [0.25, 0.3) is 5.56 Å².